The van der Waals surface area contributed by atoms with Gasteiger partial charge >= 0.3 is 0 Å². The van der Waals surface area contributed by atoms with Gasteiger partial charge in [-0.25, -0.2) is 8.42 Å². The van der Waals surface area contributed by atoms with E-state index in [1.807, 2.05) is 23.6 Å². The lowest BCUT2D eigenvalue weighted by Crippen LogP contribution is -2.22. The molecule has 0 unspecified atom stereocenters. The minimum absolute atomic E-state index is 0.425. The lowest BCUT2D eigenvalue weighted by molar-refractivity contribution is 0.593. The van der Waals surface area contributed by atoms with E-state index in [1.54, 1.807) is 31.3 Å². The second kappa shape index (κ2) is 4.07. The first kappa shape index (κ1) is 11.4. The number of thiophene rings is 1. The zero-order valence-electron chi connectivity index (χ0n) is 9.10. The fourth-order valence-electron chi connectivity index (χ4n) is 1.31. The van der Waals surface area contributed by atoms with E-state index in [4.69, 9.17) is 0 Å². The largest absolute Gasteiger partial charge is 0.283 e. The number of hydrogen-bond donors (Lipinski definition) is 1. The molecule has 0 saturated heterocycles. The smallest absolute Gasteiger partial charge is 0.235 e. The van der Waals surface area contributed by atoms with Crippen LogP contribution in [0.5, 0.6) is 0 Å². The molecular formula is C11H13NO2S2. The molecule has 2 aromatic rings. The summed E-state index contributed by atoms with van der Waals surface area (Å²) < 4.78 is 27.1. The lowest BCUT2D eigenvalue weighted by atomic mass is 10.2. The van der Waals surface area contributed by atoms with Gasteiger partial charge in [-0.15, -0.1) is 11.3 Å². The van der Waals surface area contributed by atoms with Crippen molar-refractivity contribution >= 4 is 37.1 Å². The molecule has 0 spiro atoms. The summed E-state index contributed by atoms with van der Waals surface area (Å²) >= 11 is 1.64. The van der Waals surface area contributed by atoms with Gasteiger partial charge in [0, 0.05) is 10.4 Å². The third-order valence-corrected chi connectivity index (χ3v) is 4.99. The first-order valence-electron chi connectivity index (χ1n) is 4.98. The van der Waals surface area contributed by atoms with E-state index in [2.05, 4.69) is 4.72 Å². The molecule has 0 saturated carbocycles. The maximum atomic E-state index is 11.7. The zero-order chi connectivity index (χ0) is 11.8. The van der Waals surface area contributed by atoms with E-state index in [-0.39, 0.29) is 0 Å². The van der Waals surface area contributed by atoms with Crippen molar-refractivity contribution < 1.29 is 8.42 Å². The topological polar surface area (TPSA) is 46.2 Å². The highest BCUT2D eigenvalue weighted by molar-refractivity contribution is 7.93. The van der Waals surface area contributed by atoms with Crippen LogP contribution in [0.25, 0.3) is 10.1 Å². The van der Waals surface area contributed by atoms with E-state index < -0.39 is 15.3 Å². The summed E-state index contributed by atoms with van der Waals surface area (Å²) in [5.41, 5.74) is 0.625. The Morgan fingerprint density at radius 2 is 2.00 bits per heavy atom. The van der Waals surface area contributed by atoms with Crippen LogP contribution in [0.1, 0.15) is 13.8 Å². The molecule has 86 valence electrons. The van der Waals surface area contributed by atoms with Crippen LogP contribution < -0.4 is 4.72 Å². The Bertz CT molecular complexity index is 599. The summed E-state index contributed by atoms with van der Waals surface area (Å²) in [5, 5.41) is 2.63. The van der Waals surface area contributed by atoms with Crippen LogP contribution in [0.3, 0.4) is 0 Å². The quantitative estimate of drug-likeness (QED) is 0.916. The van der Waals surface area contributed by atoms with Crippen LogP contribution in [-0.4, -0.2) is 13.7 Å². The first-order valence-corrected chi connectivity index (χ1v) is 7.40. The molecule has 1 aromatic carbocycles. The molecule has 3 nitrogen and oxygen atoms in total. The summed E-state index contributed by atoms with van der Waals surface area (Å²) in [6.45, 7) is 3.32. The predicted molar refractivity (Wildman–Crippen MR) is 69.5 cm³/mol. The highest BCUT2D eigenvalue weighted by Crippen LogP contribution is 2.24. The number of fused-ring (bicyclic) bond motifs is 1. The fourth-order valence-corrected chi connectivity index (χ4v) is 2.77. The average molecular weight is 255 g/mol. The van der Waals surface area contributed by atoms with Crippen molar-refractivity contribution in [1.82, 2.24) is 0 Å². The van der Waals surface area contributed by atoms with Gasteiger partial charge in [0.25, 0.3) is 0 Å². The Morgan fingerprint density at radius 1 is 1.25 bits per heavy atom. The maximum absolute atomic E-state index is 11.7. The molecule has 0 aliphatic rings. The van der Waals surface area contributed by atoms with Crippen LogP contribution in [-0.2, 0) is 10.0 Å². The van der Waals surface area contributed by atoms with Crippen LogP contribution in [0.4, 0.5) is 5.69 Å². The number of sulfonamides is 1. The highest BCUT2D eigenvalue weighted by atomic mass is 32.2. The number of rotatable bonds is 3. The lowest BCUT2D eigenvalue weighted by Gasteiger charge is -2.10. The first-order chi connectivity index (χ1) is 7.49. The van der Waals surface area contributed by atoms with Gasteiger partial charge in [-0.2, -0.15) is 0 Å². The Balaban J connectivity index is 2.34. The summed E-state index contributed by atoms with van der Waals surface area (Å²) in [6, 6.07) is 7.55. The summed E-state index contributed by atoms with van der Waals surface area (Å²) in [7, 11) is -3.25. The van der Waals surface area contributed by atoms with Gasteiger partial charge in [-0.3, -0.25) is 4.72 Å². The Labute approximate surface area is 99.2 Å². The number of nitrogens with one attached hydrogen (secondary N) is 1. The van der Waals surface area contributed by atoms with Gasteiger partial charge in [-0.1, -0.05) is 0 Å². The number of hydrogen-bond acceptors (Lipinski definition) is 3. The van der Waals surface area contributed by atoms with Crippen molar-refractivity contribution in [2.45, 2.75) is 19.1 Å². The summed E-state index contributed by atoms with van der Waals surface area (Å²) in [4.78, 5) is 0. The SMILES string of the molecule is CC(C)S(=O)(=O)Nc1ccc2sccc2c1. The molecule has 0 aliphatic carbocycles. The Kier molecular flexibility index (Phi) is 2.90. The van der Waals surface area contributed by atoms with E-state index in [0.29, 0.717) is 5.69 Å². The van der Waals surface area contributed by atoms with Gasteiger partial charge in [0.2, 0.25) is 10.0 Å². The molecule has 16 heavy (non-hydrogen) atoms. The third-order valence-electron chi connectivity index (χ3n) is 2.33. The Morgan fingerprint density at radius 3 is 2.69 bits per heavy atom. The monoisotopic (exact) mass is 255 g/mol. The minimum atomic E-state index is -3.25. The molecule has 0 radical (unpaired) electrons. The van der Waals surface area contributed by atoms with Crippen molar-refractivity contribution in [2.75, 3.05) is 4.72 Å². The second-order valence-corrected chi connectivity index (χ2v) is 7.05. The van der Waals surface area contributed by atoms with Crippen molar-refractivity contribution in [3.63, 3.8) is 0 Å². The van der Waals surface area contributed by atoms with Crippen LogP contribution in [0.2, 0.25) is 0 Å². The molecule has 0 atom stereocenters. The summed E-state index contributed by atoms with van der Waals surface area (Å²) in [5.74, 6) is 0. The van der Waals surface area contributed by atoms with Crippen molar-refractivity contribution in [3.05, 3.63) is 29.6 Å². The standard InChI is InChI=1S/C11H13NO2S2/c1-8(2)16(13,14)12-10-3-4-11-9(7-10)5-6-15-11/h3-8,12H,1-2H3. The third kappa shape index (κ3) is 2.20. The van der Waals surface area contributed by atoms with Gasteiger partial charge in [0.05, 0.1) is 5.25 Å². The molecule has 1 heterocycles. The number of anilines is 1. The van der Waals surface area contributed by atoms with Gasteiger partial charge < -0.3 is 0 Å². The van der Waals surface area contributed by atoms with E-state index in [0.717, 1.165) is 10.1 Å². The van der Waals surface area contributed by atoms with Crippen LogP contribution in [0, 0.1) is 0 Å². The predicted octanol–water partition coefficient (Wildman–Crippen LogP) is 3.05. The molecule has 0 amide bonds. The van der Waals surface area contributed by atoms with Crippen LogP contribution in [0.15, 0.2) is 29.6 Å². The molecule has 5 heteroatoms. The van der Waals surface area contributed by atoms with E-state index >= 15 is 0 Å². The van der Waals surface area contributed by atoms with E-state index in [1.165, 1.54) is 0 Å². The molecule has 1 aromatic heterocycles. The molecule has 2 rings (SSSR count). The zero-order valence-corrected chi connectivity index (χ0v) is 10.7. The molecule has 0 fully saturated rings. The van der Waals surface area contributed by atoms with Crippen molar-refractivity contribution in [3.8, 4) is 0 Å². The van der Waals surface area contributed by atoms with Crippen molar-refractivity contribution in [2.24, 2.45) is 0 Å². The van der Waals surface area contributed by atoms with Gasteiger partial charge in [-0.05, 0) is 48.9 Å². The molecule has 0 bridgehead atoms. The normalized spacial score (nSPS) is 12.2. The summed E-state index contributed by atoms with van der Waals surface area (Å²) in [6.07, 6.45) is 0. The van der Waals surface area contributed by atoms with Crippen LogP contribution >= 0.6 is 11.3 Å². The molecule has 0 aliphatic heterocycles. The van der Waals surface area contributed by atoms with Crippen molar-refractivity contribution in [1.29, 1.82) is 0 Å². The minimum Gasteiger partial charge on any atom is -0.283 e. The average Bonchev–Trinajstić information content (AvgIpc) is 2.63. The second-order valence-electron chi connectivity index (χ2n) is 3.87. The van der Waals surface area contributed by atoms with Gasteiger partial charge in [0.15, 0.2) is 0 Å². The highest BCUT2D eigenvalue weighted by Gasteiger charge is 2.15. The number of benzene rings is 1. The maximum Gasteiger partial charge on any atom is 0.235 e. The molecular weight excluding hydrogens is 242 g/mol. The fraction of sp³-hybridized carbons (Fsp3) is 0.273. The van der Waals surface area contributed by atoms with E-state index in [9.17, 15) is 8.42 Å². The Hall–Kier alpha value is -1.07. The van der Waals surface area contributed by atoms with Gasteiger partial charge in [0.1, 0.15) is 0 Å². The molecule has 1 N–H and O–H groups in total.